The Hall–Kier alpha value is 0.200. The number of halogens is 2. The predicted molar refractivity (Wildman–Crippen MR) is 151 cm³/mol. The molecule has 36 heavy (non-hydrogen) atoms. The number of nitrogens with one attached hydrogen (secondary N) is 2. The van der Waals surface area contributed by atoms with Crippen LogP contribution in [0.15, 0.2) is 0 Å². The summed E-state index contributed by atoms with van der Waals surface area (Å²) in [4.78, 5) is 13.1. The summed E-state index contributed by atoms with van der Waals surface area (Å²) in [5.74, 6) is 0.370. The summed E-state index contributed by atoms with van der Waals surface area (Å²) in [7, 11) is 0. The third-order valence-corrected chi connectivity index (χ3v) is 8.67. The van der Waals surface area contributed by atoms with E-state index in [2.05, 4.69) is 17.6 Å². The minimum absolute atomic E-state index is 0. The topological polar surface area (TPSA) is 111 Å². The average molecular weight is 574 g/mol. The van der Waals surface area contributed by atoms with Gasteiger partial charge in [0.05, 0.1) is 17.5 Å². The Morgan fingerprint density at radius 2 is 1.67 bits per heavy atom. The van der Waals surface area contributed by atoms with E-state index in [1.54, 1.807) is 13.2 Å². The zero-order valence-electron chi connectivity index (χ0n) is 22.2. The first kappa shape index (κ1) is 34.2. The number of unbranched alkanes of at least 4 members (excludes halogenated alkanes) is 8. The fourth-order valence-corrected chi connectivity index (χ4v) is 6.18. The smallest absolute Gasteiger partial charge is 0.237 e. The molecule has 9 atom stereocenters. The molecule has 2 aliphatic rings. The van der Waals surface area contributed by atoms with Gasteiger partial charge in [0.2, 0.25) is 5.91 Å². The van der Waals surface area contributed by atoms with Crippen molar-refractivity contribution in [3.63, 3.8) is 0 Å². The lowest BCUT2D eigenvalue weighted by molar-refractivity contribution is -0.205. The summed E-state index contributed by atoms with van der Waals surface area (Å²) in [5.41, 5.74) is -0.707. The number of carbonyl (C=O) groups excluding carboxylic acids is 1. The van der Waals surface area contributed by atoms with E-state index in [0.29, 0.717) is 5.92 Å². The number of piperidine rings is 1. The molecule has 0 radical (unpaired) electrons. The summed E-state index contributed by atoms with van der Waals surface area (Å²) in [6.07, 6.45) is 11.8. The van der Waals surface area contributed by atoms with Crippen molar-refractivity contribution in [2.75, 3.05) is 12.8 Å². The van der Waals surface area contributed by atoms with Crippen molar-refractivity contribution >= 4 is 41.7 Å². The molecule has 2 fully saturated rings. The first-order valence-corrected chi connectivity index (χ1v) is 15.4. The van der Waals surface area contributed by atoms with E-state index in [4.69, 9.17) is 16.3 Å². The van der Waals surface area contributed by atoms with E-state index >= 15 is 0 Å². The van der Waals surface area contributed by atoms with Crippen molar-refractivity contribution in [1.82, 2.24) is 10.6 Å². The maximum absolute atomic E-state index is 13.1. The van der Waals surface area contributed by atoms with E-state index in [1.165, 1.54) is 69.5 Å². The Morgan fingerprint density at radius 3 is 2.25 bits per heavy atom. The molecule has 0 unspecified atom stereocenters. The second-order valence-electron chi connectivity index (χ2n) is 10.4. The summed E-state index contributed by atoms with van der Waals surface area (Å²) in [5, 5.41) is 36.7. The Balaban J connectivity index is 0.00000648. The largest absolute Gasteiger partial charge is 0.388 e. The van der Waals surface area contributed by atoms with Crippen molar-refractivity contribution < 1.29 is 24.9 Å². The first-order valence-electron chi connectivity index (χ1n) is 13.7. The summed E-state index contributed by atoms with van der Waals surface area (Å²) < 4.78 is 5.86. The predicted octanol–water partition coefficient (Wildman–Crippen LogP) is 3.98. The van der Waals surface area contributed by atoms with E-state index in [0.717, 1.165) is 25.8 Å². The molecule has 5 N–H and O–H groups in total. The second kappa shape index (κ2) is 18.5. The highest BCUT2D eigenvalue weighted by molar-refractivity contribution is 7.99. The monoisotopic (exact) mass is 572 g/mol. The number of ether oxygens (including phenoxy) is 1. The maximum Gasteiger partial charge on any atom is 0.237 e. The van der Waals surface area contributed by atoms with E-state index in [-0.39, 0.29) is 24.4 Å². The molecule has 7 nitrogen and oxygen atoms in total. The standard InChI is InChI=1S/C26H49ClN2O5S.ClH/c1-4-5-6-7-8-9-10-11-12-13-18-14-15-28-19(16-18)25(33)29-20(17(2)27)24-22(31)21(30)23(32)26(34-24)35-3;/h17-24,26,28,30-32H,4-16H2,1-3H3,(H,29,33);1H/t17-,18+,19-,20+,21-,22+,23+,24+,26+;/m0./s1. The lowest BCUT2D eigenvalue weighted by Crippen LogP contribution is -2.65. The Morgan fingerprint density at radius 1 is 1.06 bits per heavy atom. The number of amides is 1. The molecular formula is C26H50Cl2N2O5S. The molecule has 0 aromatic heterocycles. The average Bonchev–Trinajstić information content (AvgIpc) is 2.85. The van der Waals surface area contributed by atoms with Gasteiger partial charge in [0.15, 0.2) is 0 Å². The molecule has 2 heterocycles. The van der Waals surface area contributed by atoms with Gasteiger partial charge < -0.3 is 30.7 Å². The number of thioether (sulfide) groups is 1. The van der Waals surface area contributed by atoms with E-state index < -0.39 is 41.3 Å². The molecule has 0 aromatic carbocycles. The van der Waals surface area contributed by atoms with Crippen molar-refractivity contribution in [1.29, 1.82) is 0 Å². The van der Waals surface area contributed by atoms with Crippen LogP contribution in [0.4, 0.5) is 0 Å². The normalized spacial score (nSPS) is 32.4. The van der Waals surface area contributed by atoms with Crippen molar-refractivity contribution in [2.45, 2.75) is 138 Å². The van der Waals surface area contributed by atoms with Crippen LogP contribution in [0.3, 0.4) is 0 Å². The van der Waals surface area contributed by atoms with Gasteiger partial charge in [0.25, 0.3) is 0 Å². The van der Waals surface area contributed by atoms with Gasteiger partial charge in [-0.25, -0.2) is 0 Å². The van der Waals surface area contributed by atoms with Crippen LogP contribution >= 0.6 is 35.8 Å². The van der Waals surface area contributed by atoms with E-state index in [9.17, 15) is 20.1 Å². The molecular weight excluding hydrogens is 523 g/mol. The van der Waals surface area contributed by atoms with Crippen LogP contribution in [0, 0.1) is 5.92 Å². The first-order chi connectivity index (χ1) is 16.8. The number of hydrogen-bond donors (Lipinski definition) is 5. The van der Waals surface area contributed by atoms with Gasteiger partial charge in [-0.05, 0) is 38.5 Å². The SMILES string of the molecule is CCCCCCCCCCC[C@@H]1CCN[C@H](C(=O)N[C@@H]([C@H]2O[C@H](SC)[C@H](O)[C@@H](O)[C@H]2O)[C@H](C)Cl)C1.Cl. The van der Waals surface area contributed by atoms with Crippen LogP contribution in [-0.4, -0.2) is 81.3 Å². The molecule has 0 saturated carbocycles. The van der Waals surface area contributed by atoms with Crippen LogP contribution in [0.2, 0.25) is 0 Å². The number of aliphatic hydroxyl groups is 3. The van der Waals surface area contributed by atoms with Gasteiger partial charge in [-0.1, -0.05) is 71.1 Å². The highest BCUT2D eigenvalue weighted by Gasteiger charge is 2.48. The number of hydrogen-bond acceptors (Lipinski definition) is 7. The molecule has 2 rings (SSSR count). The Bertz CT molecular complexity index is 605. The van der Waals surface area contributed by atoms with Crippen LogP contribution in [0.5, 0.6) is 0 Å². The maximum atomic E-state index is 13.1. The zero-order chi connectivity index (χ0) is 25.8. The van der Waals surface area contributed by atoms with Gasteiger partial charge in [0.1, 0.15) is 29.9 Å². The third-order valence-electron chi connectivity index (χ3n) is 7.54. The second-order valence-corrected chi connectivity index (χ2v) is 12.0. The third kappa shape index (κ3) is 10.8. The molecule has 214 valence electrons. The number of rotatable bonds is 15. The molecule has 2 aliphatic heterocycles. The summed E-state index contributed by atoms with van der Waals surface area (Å²) in [6.45, 7) is 4.79. The highest BCUT2D eigenvalue weighted by atomic mass is 35.5. The minimum atomic E-state index is -1.37. The zero-order valence-corrected chi connectivity index (χ0v) is 24.6. The minimum Gasteiger partial charge on any atom is -0.388 e. The van der Waals surface area contributed by atoms with Crippen LogP contribution in [0.25, 0.3) is 0 Å². The highest BCUT2D eigenvalue weighted by Crippen LogP contribution is 2.30. The number of aliphatic hydroxyl groups excluding tert-OH is 3. The molecule has 2 saturated heterocycles. The molecule has 0 aliphatic carbocycles. The molecule has 0 spiro atoms. The van der Waals surface area contributed by atoms with Gasteiger partial charge >= 0.3 is 0 Å². The Labute approximate surface area is 233 Å². The van der Waals surface area contributed by atoms with Gasteiger partial charge in [-0.2, -0.15) is 0 Å². The fraction of sp³-hybridized carbons (Fsp3) is 0.962. The molecule has 1 amide bonds. The van der Waals surface area contributed by atoms with Gasteiger partial charge in [-0.15, -0.1) is 35.8 Å². The van der Waals surface area contributed by atoms with E-state index in [1.807, 2.05) is 0 Å². The van der Waals surface area contributed by atoms with Crippen LogP contribution in [0.1, 0.15) is 90.9 Å². The van der Waals surface area contributed by atoms with Crippen molar-refractivity contribution in [3.8, 4) is 0 Å². The van der Waals surface area contributed by atoms with Crippen LogP contribution in [-0.2, 0) is 9.53 Å². The summed E-state index contributed by atoms with van der Waals surface area (Å²) in [6, 6.07) is -1.01. The van der Waals surface area contributed by atoms with Crippen LogP contribution < -0.4 is 10.6 Å². The quantitative estimate of drug-likeness (QED) is 0.149. The van der Waals surface area contributed by atoms with Gasteiger partial charge in [-0.3, -0.25) is 4.79 Å². The number of carbonyl (C=O) groups is 1. The molecule has 0 bridgehead atoms. The lowest BCUT2D eigenvalue weighted by Gasteiger charge is -2.44. The number of alkyl halides is 1. The lowest BCUT2D eigenvalue weighted by atomic mass is 9.87. The Kier molecular flexibility index (Phi) is 17.6. The molecule has 0 aromatic rings. The molecule has 10 heteroatoms. The van der Waals surface area contributed by atoms with Crippen molar-refractivity contribution in [2.24, 2.45) is 5.92 Å². The van der Waals surface area contributed by atoms with Gasteiger partial charge in [0, 0.05) is 0 Å². The fourth-order valence-electron chi connectivity index (χ4n) is 5.29. The van der Waals surface area contributed by atoms with Crippen molar-refractivity contribution in [3.05, 3.63) is 0 Å². The summed E-state index contributed by atoms with van der Waals surface area (Å²) >= 11 is 7.64.